The fraction of sp³-hybridized carbons (Fsp3) is 1.00. The van der Waals surface area contributed by atoms with Gasteiger partial charge >= 0.3 is 0 Å². The van der Waals surface area contributed by atoms with E-state index in [-0.39, 0.29) is 6.04 Å². The second-order valence-electron chi connectivity index (χ2n) is 5.82. The van der Waals surface area contributed by atoms with Crippen LogP contribution in [0.5, 0.6) is 0 Å². The molecule has 0 saturated carbocycles. The van der Waals surface area contributed by atoms with Crippen molar-refractivity contribution in [1.82, 2.24) is 10.2 Å². The van der Waals surface area contributed by atoms with E-state index in [2.05, 4.69) is 31.0 Å². The van der Waals surface area contributed by atoms with E-state index in [0.29, 0.717) is 30.0 Å². The topological polar surface area (TPSA) is 49.4 Å². The predicted molar refractivity (Wildman–Crippen MR) is 76.6 cm³/mol. The molecular weight excluding hydrogens is 248 g/mol. The Morgan fingerprint density at radius 2 is 2.00 bits per heavy atom. The van der Waals surface area contributed by atoms with Crippen molar-refractivity contribution in [3.8, 4) is 0 Å². The summed E-state index contributed by atoms with van der Waals surface area (Å²) in [6, 6.07) is 0.601. The van der Waals surface area contributed by atoms with Crippen LogP contribution in [0.4, 0.5) is 0 Å². The molecule has 1 saturated heterocycles. The van der Waals surface area contributed by atoms with E-state index in [0.717, 1.165) is 19.5 Å². The van der Waals surface area contributed by atoms with Gasteiger partial charge in [0.05, 0.1) is 11.5 Å². The third-order valence-electron chi connectivity index (χ3n) is 3.59. The maximum Gasteiger partial charge on any atom is 0.153 e. The number of hydrogen-bond donors (Lipinski definition) is 1. The molecule has 1 fully saturated rings. The lowest BCUT2D eigenvalue weighted by atomic mass is 10.1. The minimum absolute atomic E-state index is 0.148. The Hall–Kier alpha value is -0.130. The zero-order valence-corrected chi connectivity index (χ0v) is 13.0. The largest absolute Gasteiger partial charge is 0.315 e. The molecule has 0 bridgehead atoms. The molecule has 0 aliphatic carbocycles. The van der Waals surface area contributed by atoms with E-state index in [1.807, 2.05) is 6.92 Å². The molecule has 1 rings (SSSR count). The lowest BCUT2D eigenvalue weighted by Crippen LogP contribution is -2.54. The smallest absolute Gasteiger partial charge is 0.153 e. The quantitative estimate of drug-likeness (QED) is 0.790. The Balaban J connectivity index is 2.50. The highest BCUT2D eigenvalue weighted by molar-refractivity contribution is 7.91. The van der Waals surface area contributed by atoms with Gasteiger partial charge in [0, 0.05) is 25.2 Å². The molecule has 108 valence electrons. The third kappa shape index (κ3) is 4.86. The van der Waals surface area contributed by atoms with Crippen molar-refractivity contribution in [2.24, 2.45) is 5.92 Å². The second-order valence-corrected chi connectivity index (χ2v) is 8.04. The maximum atomic E-state index is 11.6. The van der Waals surface area contributed by atoms with Gasteiger partial charge in [0.1, 0.15) is 0 Å². The van der Waals surface area contributed by atoms with Crippen LogP contribution in [0.15, 0.2) is 0 Å². The third-order valence-corrected chi connectivity index (χ3v) is 5.39. The summed E-state index contributed by atoms with van der Waals surface area (Å²) in [4.78, 5) is 2.36. The van der Waals surface area contributed by atoms with Crippen LogP contribution in [0.25, 0.3) is 0 Å². The zero-order valence-electron chi connectivity index (χ0n) is 12.1. The molecule has 0 aromatic rings. The second kappa shape index (κ2) is 6.87. The molecule has 1 N–H and O–H groups in total. The molecule has 0 aromatic heterocycles. The first-order valence-corrected chi connectivity index (χ1v) is 8.84. The van der Waals surface area contributed by atoms with Gasteiger partial charge in [0.15, 0.2) is 9.84 Å². The van der Waals surface area contributed by atoms with E-state index >= 15 is 0 Å². The zero-order chi connectivity index (χ0) is 13.8. The van der Waals surface area contributed by atoms with Crippen molar-refractivity contribution in [3.63, 3.8) is 0 Å². The number of nitrogens with one attached hydrogen (secondary N) is 1. The molecule has 2 unspecified atom stereocenters. The first-order valence-electron chi connectivity index (χ1n) is 7.02. The summed E-state index contributed by atoms with van der Waals surface area (Å²) in [6.07, 6.45) is 1.06. The van der Waals surface area contributed by atoms with E-state index in [1.54, 1.807) is 0 Å². The van der Waals surface area contributed by atoms with Crippen LogP contribution in [0.1, 0.15) is 34.1 Å². The average molecular weight is 276 g/mol. The Kier molecular flexibility index (Phi) is 6.08. The molecule has 0 amide bonds. The van der Waals surface area contributed by atoms with E-state index in [9.17, 15) is 8.42 Å². The Morgan fingerprint density at radius 3 is 2.50 bits per heavy atom. The maximum absolute atomic E-state index is 11.6. The number of nitrogens with zero attached hydrogens (tertiary/aromatic N) is 1. The summed E-state index contributed by atoms with van der Waals surface area (Å²) >= 11 is 0. The summed E-state index contributed by atoms with van der Waals surface area (Å²) in [6.45, 7) is 11.3. The molecule has 2 atom stereocenters. The molecule has 1 aliphatic heterocycles. The normalized spacial score (nSPS) is 26.4. The van der Waals surface area contributed by atoms with Crippen molar-refractivity contribution in [2.45, 2.75) is 46.2 Å². The van der Waals surface area contributed by atoms with Crippen molar-refractivity contribution in [3.05, 3.63) is 0 Å². The molecule has 4 nitrogen and oxygen atoms in total. The van der Waals surface area contributed by atoms with E-state index in [1.165, 1.54) is 0 Å². The van der Waals surface area contributed by atoms with Gasteiger partial charge < -0.3 is 5.32 Å². The van der Waals surface area contributed by atoms with Crippen molar-refractivity contribution < 1.29 is 8.42 Å². The predicted octanol–water partition coefficient (Wildman–Crippen LogP) is 1.13. The molecule has 18 heavy (non-hydrogen) atoms. The van der Waals surface area contributed by atoms with Gasteiger partial charge in [0.2, 0.25) is 0 Å². The SMILES string of the molecule is CCC(CNCC(C)C)N1CCS(=O)(=O)CC1C. The van der Waals surface area contributed by atoms with Gasteiger partial charge in [-0.05, 0) is 25.8 Å². The highest BCUT2D eigenvalue weighted by atomic mass is 32.2. The lowest BCUT2D eigenvalue weighted by molar-refractivity contribution is 0.149. The minimum atomic E-state index is -2.80. The number of sulfone groups is 1. The summed E-state index contributed by atoms with van der Waals surface area (Å²) in [7, 11) is -2.80. The van der Waals surface area contributed by atoms with Crippen LogP contribution in [0.2, 0.25) is 0 Å². The van der Waals surface area contributed by atoms with Crippen LogP contribution < -0.4 is 5.32 Å². The minimum Gasteiger partial charge on any atom is -0.315 e. The van der Waals surface area contributed by atoms with Gasteiger partial charge in [-0.3, -0.25) is 4.90 Å². The van der Waals surface area contributed by atoms with Crippen LogP contribution in [-0.2, 0) is 9.84 Å². The van der Waals surface area contributed by atoms with Gasteiger partial charge in [-0.2, -0.15) is 0 Å². The van der Waals surface area contributed by atoms with Crippen LogP contribution in [0, 0.1) is 5.92 Å². The summed E-state index contributed by atoms with van der Waals surface area (Å²) < 4.78 is 23.2. The van der Waals surface area contributed by atoms with Crippen molar-refractivity contribution >= 4 is 9.84 Å². The Bertz CT molecular complexity index is 341. The first-order chi connectivity index (χ1) is 8.35. The lowest BCUT2D eigenvalue weighted by Gasteiger charge is -2.39. The standard InChI is InChI=1S/C13H28N2O2S/c1-5-13(9-14-8-11(2)3)15-6-7-18(16,17)10-12(15)4/h11-14H,5-10H2,1-4H3. The van der Waals surface area contributed by atoms with Crippen molar-refractivity contribution in [2.75, 3.05) is 31.1 Å². The number of hydrogen-bond acceptors (Lipinski definition) is 4. The van der Waals surface area contributed by atoms with E-state index < -0.39 is 9.84 Å². The Labute approximate surface area is 112 Å². The van der Waals surface area contributed by atoms with E-state index in [4.69, 9.17) is 0 Å². The van der Waals surface area contributed by atoms with Crippen LogP contribution >= 0.6 is 0 Å². The van der Waals surface area contributed by atoms with Gasteiger partial charge in [-0.1, -0.05) is 20.8 Å². The average Bonchev–Trinajstić information content (AvgIpc) is 2.24. The van der Waals surface area contributed by atoms with Gasteiger partial charge in [0.25, 0.3) is 0 Å². The monoisotopic (exact) mass is 276 g/mol. The number of rotatable bonds is 6. The highest BCUT2D eigenvalue weighted by Gasteiger charge is 2.31. The fourth-order valence-electron chi connectivity index (χ4n) is 2.59. The first kappa shape index (κ1) is 15.9. The summed E-state index contributed by atoms with van der Waals surface area (Å²) in [5.74, 6) is 1.28. The molecule has 1 aliphatic rings. The van der Waals surface area contributed by atoms with Crippen LogP contribution in [-0.4, -0.2) is 56.5 Å². The molecule has 0 radical (unpaired) electrons. The summed E-state index contributed by atoms with van der Waals surface area (Å²) in [5, 5.41) is 3.48. The molecule has 5 heteroatoms. The Morgan fingerprint density at radius 1 is 1.33 bits per heavy atom. The summed E-state index contributed by atoms with van der Waals surface area (Å²) in [5.41, 5.74) is 0. The molecule has 1 heterocycles. The van der Waals surface area contributed by atoms with Crippen LogP contribution in [0.3, 0.4) is 0 Å². The highest BCUT2D eigenvalue weighted by Crippen LogP contribution is 2.16. The van der Waals surface area contributed by atoms with Gasteiger partial charge in [-0.25, -0.2) is 8.42 Å². The molecule has 0 spiro atoms. The molecule has 0 aromatic carbocycles. The fourth-order valence-corrected chi connectivity index (χ4v) is 4.17. The van der Waals surface area contributed by atoms with Crippen molar-refractivity contribution in [1.29, 1.82) is 0 Å². The van der Waals surface area contributed by atoms with Gasteiger partial charge in [-0.15, -0.1) is 0 Å². The molecular formula is C13H28N2O2S.